The minimum atomic E-state index is -0.506. The van der Waals surface area contributed by atoms with Gasteiger partial charge in [0.05, 0.1) is 11.8 Å². The second-order valence-electron chi connectivity index (χ2n) is 5.07. The van der Waals surface area contributed by atoms with Crippen LogP contribution in [0.15, 0.2) is 33.3 Å². The van der Waals surface area contributed by atoms with Crippen LogP contribution in [0.3, 0.4) is 0 Å². The Balaban J connectivity index is 1.97. The summed E-state index contributed by atoms with van der Waals surface area (Å²) < 4.78 is 6.17. The maximum Gasteiger partial charge on any atom is 0.138 e. The van der Waals surface area contributed by atoms with Crippen molar-refractivity contribution in [1.29, 1.82) is 0 Å². The summed E-state index contributed by atoms with van der Waals surface area (Å²) in [5, 5.41) is 14.2. The van der Waals surface area contributed by atoms with Gasteiger partial charge in [-0.2, -0.15) is 0 Å². The molecule has 0 saturated heterocycles. The van der Waals surface area contributed by atoms with E-state index in [4.69, 9.17) is 4.52 Å². The molecular weight excluding hydrogens is 320 g/mol. The molecule has 1 heterocycles. The highest BCUT2D eigenvalue weighted by Gasteiger charge is 2.15. The van der Waals surface area contributed by atoms with Crippen molar-refractivity contribution in [2.45, 2.75) is 26.5 Å². The van der Waals surface area contributed by atoms with Crippen molar-refractivity contribution in [2.75, 3.05) is 13.6 Å². The molecule has 1 aromatic carbocycles. The Labute approximate surface area is 127 Å². The Bertz CT molecular complexity index is 546. The van der Waals surface area contributed by atoms with Crippen LogP contribution in [0.2, 0.25) is 0 Å². The molecule has 0 amide bonds. The molecule has 20 heavy (non-hydrogen) atoms. The van der Waals surface area contributed by atoms with Crippen molar-refractivity contribution in [3.05, 3.63) is 51.3 Å². The van der Waals surface area contributed by atoms with Gasteiger partial charge in [0.2, 0.25) is 0 Å². The van der Waals surface area contributed by atoms with Crippen molar-refractivity contribution >= 4 is 15.9 Å². The molecule has 0 aliphatic carbocycles. The van der Waals surface area contributed by atoms with E-state index in [0.29, 0.717) is 6.54 Å². The summed E-state index contributed by atoms with van der Waals surface area (Å²) in [6.07, 6.45) is -0.506. The molecule has 1 unspecified atom stereocenters. The van der Waals surface area contributed by atoms with E-state index in [-0.39, 0.29) is 0 Å². The van der Waals surface area contributed by atoms with E-state index in [2.05, 4.69) is 26.0 Å². The fraction of sp³-hybridized carbons (Fsp3) is 0.400. The highest BCUT2D eigenvalue weighted by Crippen LogP contribution is 2.19. The van der Waals surface area contributed by atoms with E-state index in [0.717, 1.165) is 33.6 Å². The van der Waals surface area contributed by atoms with Crippen LogP contribution in [0.25, 0.3) is 0 Å². The summed E-state index contributed by atoms with van der Waals surface area (Å²) in [7, 11) is 1.98. The first-order valence-corrected chi connectivity index (χ1v) is 7.30. The molecule has 1 atom stereocenters. The number of halogens is 1. The molecule has 108 valence electrons. The smallest absolute Gasteiger partial charge is 0.138 e. The van der Waals surface area contributed by atoms with Crippen LogP contribution in [0, 0.1) is 13.8 Å². The number of aliphatic hydroxyl groups is 1. The summed E-state index contributed by atoms with van der Waals surface area (Å²) >= 11 is 3.39. The molecule has 0 spiro atoms. The van der Waals surface area contributed by atoms with E-state index >= 15 is 0 Å². The zero-order valence-electron chi connectivity index (χ0n) is 11.9. The van der Waals surface area contributed by atoms with Gasteiger partial charge in [0.1, 0.15) is 5.76 Å². The number of nitrogens with zero attached hydrogens (tertiary/aromatic N) is 2. The lowest BCUT2D eigenvalue weighted by molar-refractivity contribution is 0.123. The van der Waals surface area contributed by atoms with E-state index in [9.17, 15) is 5.11 Å². The van der Waals surface area contributed by atoms with E-state index in [1.807, 2.05) is 45.2 Å². The van der Waals surface area contributed by atoms with Gasteiger partial charge >= 0.3 is 0 Å². The highest BCUT2D eigenvalue weighted by molar-refractivity contribution is 9.10. The van der Waals surface area contributed by atoms with Gasteiger partial charge < -0.3 is 9.63 Å². The Morgan fingerprint density at radius 1 is 1.30 bits per heavy atom. The van der Waals surface area contributed by atoms with Gasteiger partial charge in [-0.05, 0) is 38.6 Å². The van der Waals surface area contributed by atoms with Crippen LogP contribution in [-0.4, -0.2) is 28.8 Å². The Hall–Kier alpha value is -1.17. The number of aliphatic hydroxyl groups excluding tert-OH is 1. The Morgan fingerprint density at radius 2 is 1.95 bits per heavy atom. The maximum absolute atomic E-state index is 10.3. The van der Waals surface area contributed by atoms with Crippen LogP contribution < -0.4 is 0 Å². The molecular formula is C15H19BrN2O2. The average molecular weight is 339 g/mol. The molecule has 5 heteroatoms. The molecule has 0 aliphatic heterocycles. The quantitative estimate of drug-likeness (QED) is 0.909. The minimum Gasteiger partial charge on any atom is -0.387 e. The monoisotopic (exact) mass is 338 g/mol. The third kappa shape index (κ3) is 3.69. The first-order chi connectivity index (χ1) is 9.47. The third-order valence-electron chi connectivity index (χ3n) is 3.35. The molecule has 0 saturated carbocycles. The third-order valence-corrected chi connectivity index (χ3v) is 3.88. The van der Waals surface area contributed by atoms with Crippen LogP contribution in [0.5, 0.6) is 0 Å². The zero-order chi connectivity index (χ0) is 14.7. The molecule has 1 N–H and O–H groups in total. The lowest BCUT2D eigenvalue weighted by atomic mass is 10.1. The van der Waals surface area contributed by atoms with Gasteiger partial charge in [0.15, 0.2) is 0 Å². The van der Waals surface area contributed by atoms with Gasteiger partial charge in [-0.1, -0.05) is 33.2 Å². The SMILES string of the molecule is Cc1noc(C)c1CN(C)CC(O)c1ccc(Br)cc1. The van der Waals surface area contributed by atoms with E-state index in [1.54, 1.807) is 0 Å². The topological polar surface area (TPSA) is 49.5 Å². The van der Waals surface area contributed by atoms with Crippen molar-refractivity contribution in [1.82, 2.24) is 10.1 Å². The van der Waals surface area contributed by atoms with Crippen molar-refractivity contribution < 1.29 is 9.63 Å². The van der Waals surface area contributed by atoms with E-state index in [1.165, 1.54) is 0 Å². The summed E-state index contributed by atoms with van der Waals surface area (Å²) in [4.78, 5) is 2.07. The molecule has 0 fully saturated rings. The van der Waals surface area contributed by atoms with Crippen LogP contribution >= 0.6 is 15.9 Å². The molecule has 0 bridgehead atoms. The largest absolute Gasteiger partial charge is 0.387 e. The standard InChI is InChI=1S/C15H19BrN2O2/c1-10-14(11(2)20-17-10)8-18(3)9-15(19)12-4-6-13(16)7-5-12/h4-7,15,19H,8-9H2,1-3H3. The van der Waals surface area contributed by atoms with Crippen LogP contribution in [0.4, 0.5) is 0 Å². The predicted octanol–water partition coefficient (Wildman–Crippen LogP) is 3.22. The van der Waals surface area contributed by atoms with Crippen LogP contribution in [-0.2, 0) is 6.54 Å². The number of benzene rings is 1. The fourth-order valence-electron chi connectivity index (χ4n) is 2.15. The van der Waals surface area contributed by atoms with Gasteiger partial charge in [-0.15, -0.1) is 0 Å². The summed E-state index contributed by atoms with van der Waals surface area (Å²) in [6, 6.07) is 7.73. The summed E-state index contributed by atoms with van der Waals surface area (Å²) in [6.45, 7) is 5.12. The number of rotatable bonds is 5. The lowest BCUT2D eigenvalue weighted by Crippen LogP contribution is -2.24. The van der Waals surface area contributed by atoms with Gasteiger partial charge in [0, 0.05) is 23.1 Å². The fourth-order valence-corrected chi connectivity index (χ4v) is 2.41. The Kier molecular flexibility index (Phi) is 4.96. The minimum absolute atomic E-state index is 0.506. The number of likely N-dealkylation sites (N-methyl/N-ethyl adjacent to an activating group) is 1. The second-order valence-corrected chi connectivity index (χ2v) is 5.98. The van der Waals surface area contributed by atoms with Gasteiger partial charge in [-0.3, -0.25) is 4.90 Å². The normalized spacial score (nSPS) is 12.9. The zero-order valence-corrected chi connectivity index (χ0v) is 13.5. The van der Waals surface area contributed by atoms with Crippen LogP contribution in [0.1, 0.15) is 28.7 Å². The first-order valence-electron chi connectivity index (χ1n) is 6.51. The van der Waals surface area contributed by atoms with Crippen molar-refractivity contribution in [2.24, 2.45) is 0 Å². The lowest BCUT2D eigenvalue weighted by Gasteiger charge is -2.20. The Morgan fingerprint density at radius 3 is 2.50 bits per heavy atom. The highest BCUT2D eigenvalue weighted by atomic mass is 79.9. The predicted molar refractivity (Wildman–Crippen MR) is 81.4 cm³/mol. The number of hydrogen-bond donors (Lipinski definition) is 1. The molecule has 2 rings (SSSR count). The maximum atomic E-state index is 10.3. The molecule has 0 radical (unpaired) electrons. The second kappa shape index (κ2) is 6.52. The molecule has 1 aromatic heterocycles. The van der Waals surface area contributed by atoms with Gasteiger partial charge in [0.25, 0.3) is 0 Å². The number of aromatic nitrogens is 1. The number of aryl methyl sites for hydroxylation is 2. The average Bonchev–Trinajstić information content (AvgIpc) is 2.71. The molecule has 0 aliphatic rings. The van der Waals surface area contributed by atoms with E-state index < -0.39 is 6.10 Å². The van der Waals surface area contributed by atoms with Crippen molar-refractivity contribution in [3.63, 3.8) is 0 Å². The first kappa shape index (κ1) is 15.2. The number of hydrogen-bond acceptors (Lipinski definition) is 4. The van der Waals surface area contributed by atoms with Crippen molar-refractivity contribution in [3.8, 4) is 0 Å². The summed E-state index contributed by atoms with van der Waals surface area (Å²) in [5.74, 6) is 0.840. The van der Waals surface area contributed by atoms with Gasteiger partial charge in [-0.25, -0.2) is 0 Å². The molecule has 2 aromatic rings. The summed E-state index contributed by atoms with van der Waals surface area (Å²) in [5.41, 5.74) is 2.92. The molecule has 4 nitrogen and oxygen atoms in total.